The van der Waals surface area contributed by atoms with Crippen molar-refractivity contribution in [3.63, 3.8) is 0 Å². The molecule has 0 aromatic heterocycles. The number of methoxy groups -OCH3 is 3. The molecule has 12 bridgehead atoms. The molecule has 8 rings (SSSR count). The van der Waals surface area contributed by atoms with Crippen molar-refractivity contribution in [3.05, 3.63) is 121 Å². The van der Waals surface area contributed by atoms with Crippen molar-refractivity contribution in [2.45, 2.75) is 153 Å². The molecule has 4 aromatic rings. The smallest absolute Gasteiger partial charge is 0.323 e. The maximum atomic E-state index is 14.4. The fourth-order valence-electron chi connectivity index (χ4n) is 9.77. The predicted octanol–water partition coefficient (Wildman–Crippen LogP) is 10.1. The summed E-state index contributed by atoms with van der Waals surface area (Å²) in [5.41, 5.74) is 8.27. The molecule has 15 heteroatoms. The average molecular weight is 1040 g/mol. The maximum absolute atomic E-state index is 14.4. The van der Waals surface area contributed by atoms with Gasteiger partial charge in [-0.15, -0.1) is 0 Å². The van der Waals surface area contributed by atoms with Crippen LogP contribution in [0.25, 0.3) is 0 Å². The van der Waals surface area contributed by atoms with Crippen LogP contribution in [0.2, 0.25) is 0 Å². The molecule has 4 aliphatic rings. The lowest BCUT2D eigenvalue weighted by molar-refractivity contribution is -0.147. The first-order valence-electron chi connectivity index (χ1n) is 24.7. The Hall–Kier alpha value is -4.38. The van der Waals surface area contributed by atoms with Crippen LogP contribution >= 0.6 is 35.3 Å². The molecule has 3 atom stereocenters. The van der Waals surface area contributed by atoms with Gasteiger partial charge in [-0.05, 0) is 49.6 Å². The fraction of sp³-hybridized carbons (Fsp3) is 0.526. The van der Waals surface area contributed by atoms with Crippen molar-refractivity contribution in [1.82, 2.24) is 14.7 Å². The average Bonchev–Trinajstić information content (AvgIpc) is 3.30. The Labute approximate surface area is 439 Å². The highest BCUT2D eigenvalue weighted by Crippen LogP contribution is 2.41. The minimum absolute atomic E-state index is 0.0220. The van der Waals surface area contributed by atoms with Gasteiger partial charge < -0.3 is 29.5 Å². The second-order valence-electron chi connectivity index (χ2n) is 22.7. The Bertz CT molecular complexity index is 2280. The summed E-state index contributed by atoms with van der Waals surface area (Å²) in [6, 6.07) is 16.1. The van der Waals surface area contributed by atoms with Gasteiger partial charge in [-0.1, -0.05) is 117 Å². The molecule has 72 heavy (non-hydrogen) atoms. The van der Waals surface area contributed by atoms with E-state index in [9.17, 15) is 29.7 Å². The minimum atomic E-state index is -0.815. The van der Waals surface area contributed by atoms with Crippen LogP contribution in [0.4, 0.5) is 0 Å². The van der Waals surface area contributed by atoms with Crippen molar-refractivity contribution < 1.29 is 43.9 Å². The van der Waals surface area contributed by atoms with Gasteiger partial charge in [0.25, 0.3) is 0 Å². The second-order valence-corrected chi connectivity index (χ2v) is 25.8. The van der Waals surface area contributed by atoms with Gasteiger partial charge in [0.1, 0.15) is 35.4 Å². The largest absolute Gasteiger partial charge is 0.507 e. The third kappa shape index (κ3) is 12.9. The van der Waals surface area contributed by atoms with Gasteiger partial charge in [-0.3, -0.25) is 29.1 Å². The molecule has 0 aliphatic carbocycles. The standard InChI is InChI=1S/C57H75N3O9S3/c1-55(2,3)43-16-37-22-58-24-39-18-44(56(4,5)6)20-41(50(39)62)26-60-27-42-21-45(57(7,8)9)19-40(51(42)63)25-59(23-38(17-43)49(37)61)47(53(65)68-11)32-71-29-35-13-34(28-70-31-46(58)52(64)67-10)14-36(15-35)30-72-33-48(60)54(66)69-12/h13-21,46-48,61-63H,22-33H2,1-12H3/t46-,47-,48-/m0/s1. The number of thioether (sulfide) groups is 3. The summed E-state index contributed by atoms with van der Waals surface area (Å²) in [5, 5.41) is 38.3. The number of rotatable bonds is 3. The van der Waals surface area contributed by atoms with E-state index in [0.717, 1.165) is 33.4 Å². The van der Waals surface area contributed by atoms with Gasteiger partial charge in [0.05, 0.1) is 21.3 Å². The lowest BCUT2D eigenvalue weighted by atomic mass is 9.83. The molecule has 0 spiro atoms. The second kappa shape index (κ2) is 22.6. The fourth-order valence-corrected chi connectivity index (χ4v) is 13.0. The van der Waals surface area contributed by atoms with E-state index in [1.54, 1.807) is 35.3 Å². The lowest BCUT2D eigenvalue weighted by Crippen LogP contribution is -2.44. The molecule has 0 unspecified atom stereocenters. The molecule has 0 amide bonds. The van der Waals surface area contributed by atoms with E-state index in [1.165, 1.54) is 21.3 Å². The minimum Gasteiger partial charge on any atom is -0.507 e. The van der Waals surface area contributed by atoms with E-state index >= 15 is 0 Å². The van der Waals surface area contributed by atoms with Gasteiger partial charge in [0, 0.05) is 107 Å². The monoisotopic (exact) mass is 1040 g/mol. The van der Waals surface area contributed by atoms with Crippen LogP contribution in [0.5, 0.6) is 17.2 Å². The van der Waals surface area contributed by atoms with Crippen molar-refractivity contribution in [1.29, 1.82) is 0 Å². The zero-order chi connectivity index (χ0) is 52.4. The van der Waals surface area contributed by atoms with Crippen LogP contribution in [-0.4, -0.2) is 105 Å². The van der Waals surface area contributed by atoms with Crippen LogP contribution in [0.3, 0.4) is 0 Å². The van der Waals surface area contributed by atoms with Gasteiger partial charge in [-0.2, -0.15) is 35.3 Å². The van der Waals surface area contributed by atoms with Crippen molar-refractivity contribution in [2.24, 2.45) is 0 Å². The summed E-state index contributed by atoms with van der Waals surface area (Å²) in [7, 11) is 4.19. The van der Waals surface area contributed by atoms with Crippen molar-refractivity contribution >= 4 is 53.2 Å². The molecule has 0 saturated carbocycles. The number of phenols is 3. The summed E-state index contributed by atoms with van der Waals surface area (Å²) in [5.74, 6) is 1.55. The Morgan fingerprint density at radius 2 is 0.625 bits per heavy atom. The van der Waals surface area contributed by atoms with E-state index in [-0.39, 0.29) is 72.8 Å². The van der Waals surface area contributed by atoms with Crippen LogP contribution in [0.15, 0.2) is 54.6 Å². The number of carbonyl (C=O) groups is 3. The highest BCUT2D eigenvalue weighted by molar-refractivity contribution is 7.99. The van der Waals surface area contributed by atoms with Gasteiger partial charge >= 0.3 is 17.9 Å². The molecular formula is C57H75N3O9S3. The molecule has 3 N–H and O–H groups in total. The summed E-state index contributed by atoms with van der Waals surface area (Å²) < 4.78 is 16.8. The molecule has 0 fully saturated rings. The number of fused-ring (bicyclic) bond motifs is 9. The number of hydrogen-bond acceptors (Lipinski definition) is 15. The molecule has 4 aromatic carbocycles. The lowest BCUT2D eigenvalue weighted by Gasteiger charge is -2.35. The van der Waals surface area contributed by atoms with Gasteiger partial charge in [0.2, 0.25) is 0 Å². The first-order chi connectivity index (χ1) is 33.9. The molecule has 12 nitrogen and oxygen atoms in total. The van der Waals surface area contributed by atoms with Gasteiger partial charge in [-0.25, -0.2) is 0 Å². The van der Waals surface area contributed by atoms with E-state index in [2.05, 4.69) is 80.5 Å². The SMILES string of the molecule is COC(=O)[C@@H]1CSCc2cc3cc(c2)CSC[C@@H](C(=O)OC)N2Cc4cc(C(C)(C)C)cc(c4O)CN1Cc1cc(C(C)(C)C)cc(c1O)CN(Cc1cc(C(C)(C)C)cc(c1O)C2)[C@H](C(=O)OC)CSC3. The zero-order valence-corrected chi connectivity index (χ0v) is 46.7. The summed E-state index contributed by atoms with van der Waals surface area (Å²) >= 11 is 4.87. The number of hydrogen-bond donors (Lipinski definition) is 3. The summed E-state index contributed by atoms with van der Waals surface area (Å²) in [6.45, 7) is 19.6. The van der Waals surface area contributed by atoms with E-state index in [1.807, 2.05) is 51.1 Å². The Balaban J connectivity index is 1.63. The number of phenolic OH excluding ortho intramolecular Hbond substituents is 3. The van der Waals surface area contributed by atoms with Crippen LogP contribution in [0.1, 0.15) is 129 Å². The number of carbonyl (C=O) groups excluding carboxylic acids is 3. The summed E-state index contributed by atoms with van der Waals surface area (Å²) in [4.78, 5) is 49.1. The Morgan fingerprint density at radius 3 is 0.806 bits per heavy atom. The topological polar surface area (TPSA) is 149 Å². The zero-order valence-electron chi connectivity index (χ0n) is 44.3. The maximum Gasteiger partial charge on any atom is 0.323 e. The van der Waals surface area contributed by atoms with Crippen LogP contribution < -0.4 is 0 Å². The molecule has 0 radical (unpaired) electrons. The van der Waals surface area contributed by atoms with E-state index < -0.39 is 36.0 Å². The first kappa shape index (κ1) is 55.4. The normalized spacial score (nSPS) is 22.5. The number of ether oxygens (including phenoxy) is 3. The van der Waals surface area contributed by atoms with Crippen LogP contribution in [0, 0.1) is 0 Å². The number of aromatic hydroxyl groups is 3. The molecule has 4 heterocycles. The van der Waals surface area contributed by atoms with Crippen molar-refractivity contribution in [3.8, 4) is 17.2 Å². The third-order valence-corrected chi connectivity index (χ3v) is 17.4. The van der Waals surface area contributed by atoms with Crippen molar-refractivity contribution in [2.75, 3.05) is 38.6 Å². The highest BCUT2D eigenvalue weighted by atomic mass is 32.2. The quantitative estimate of drug-likeness (QED) is 0.132. The van der Waals surface area contributed by atoms with Gasteiger partial charge in [0.15, 0.2) is 0 Å². The van der Waals surface area contributed by atoms with E-state index in [4.69, 9.17) is 14.2 Å². The van der Waals surface area contributed by atoms with Crippen LogP contribution in [-0.2, 0) is 101 Å². The number of esters is 3. The first-order valence-corrected chi connectivity index (χ1v) is 28.2. The van der Waals surface area contributed by atoms with E-state index in [0.29, 0.717) is 67.9 Å². The highest BCUT2D eigenvalue weighted by Gasteiger charge is 2.36. The third-order valence-electron chi connectivity index (χ3n) is 14.1. The molecular weight excluding hydrogens is 967 g/mol. The molecule has 0 saturated heterocycles. The number of nitrogens with zero attached hydrogens (tertiary/aromatic N) is 3. The predicted molar refractivity (Wildman–Crippen MR) is 291 cm³/mol. The Morgan fingerprint density at radius 1 is 0.417 bits per heavy atom. The Kier molecular flexibility index (Phi) is 17.4. The molecule has 4 aliphatic heterocycles. The number of benzene rings is 4. The molecule has 390 valence electrons. The summed E-state index contributed by atoms with van der Waals surface area (Å²) in [6.07, 6.45) is 0.